The van der Waals surface area contributed by atoms with E-state index in [-0.39, 0.29) is 18.4 Å². The number of benzene rings is 1. The molecule has 2 rings (SSSR count). The fourth-order valence-electron chi connectivity index (χ4n) is 2.38. The lowest BCUT2D eigenvalue weighted by molar-refractivity contribution is -0.203. The van der Waals surface area contributed by atoms with Crippen LogP contribution in [0.5, 0.6) is 5.75 Å². The summed E-state index contributed by atoms with van der Waals surface area (Å²) in [6.07, 6.45) is -1.75. The first-order valence-electron chi connectivity index (χ1n) is 7.26. The molecule has 1 aromatic carbocycles. The molecule has 128 valence electrons. The molecule has 0 aromatic heterocycles. The van der Waals surface area contributed by atoms with Crippen molar-refractivity contribution >= 4 is 23.8 Å². The van der Waals surface area contributed by atoms with Gasteiger partial charge >= 0.3 is 11.9 Å². The van der Waals surface area contributed by atoms with Crippen LogP contribution in [0.2, 0.25) is 0 Å². The van der Waals surface area contributed by atoms with Crippen LogP contribution in [0.25, 0.3) is 0 Å². The number of hydrogen-bond donors (Lipinski definition) is 1. The van der Waals surface area contributed by atoms with E-state index in [0.29, 0.717) is 21.9 Å². The van der Waals surface area contributed by atoms with Crippen LogP contribution < -0.4 is 4.74 Å². The van der Waals surface area contributed by atoms with Gasteiger partial charge in [-0.05, 0) is 42.7 Å². The molecule has 1 aromatic rings. The number of imide groups is 1. The third-order valence-corrected chi connectivity index (χ3v) is 3.45. The molecule has 0 saturated carbocycles. The molecule has 1 atom stereocenters. The van der Waals surface area contributed by atoms with E-state index in [1.165, 1.54) is 19.1 Å². The molecule has 1 aliphatic rings. The van der Waals surface area contributed by atoms with Gasteiger partial charge in [-0.15, -0.1) is 5.06 Å². The Kier molecular flexibility index (Phi) is 4.99. The number of ether oxygens (including phenoxy) is 1. The van der Waals surface area contributed by atoms with Gasteiger partial charge in [0.1, 0.15) is 5.75 Å². The lowest BCUT2D eigenvalue weighted by Gasteiger charge is -2.17. The number of amides is 2. The van der Waals surface area contributed by atoms with E-state index >= 15 is 0 Å². The minimum absolute atomic E-state index is 0.0303. The van der Waals surface area contributed by atoms with Gasteiger partial charge in [0.25, 0.3) is 11.8 Å². The molecule has 1 fully saturated rings. The zero-order valence-electron chi connectivity index (χ0n) is 13.5. The molecule has 24 heavy (non-hydrogen) atoms. The second-order valence-electron chi connectivity index (χ2n) is 5.47. The quantitative estimate of drug-likeness (QED) is 0.494. The molecule has 2 amide bonds. The molecule has 0 spiro atoms. The van der Waals surface area contributed by atoms with Crippen LogP contribution in [0.15, 0.2) is 12.1 Å². The summed E-state index contributed by atoms with van der Waals surface area (Å²) < 4.78 is 5.07. The highest BCUT2D eigenvalue weighted by atomic mass is 16.7. The summed E-state index contributed by atoms with van der Waals surface area (Å²) in [6, 6.07) is 2.93. The van der Waals surface area contributed by atoms with Gasteiger partial charge in [0.05, 0.1) is 0 Å². The molecule has 1 unspecified atom stereocenters. The highest BCUT2D eigenvalue weighted by Crippen LogP contribution is 2.28. The summed E-state index contributed by atoms with van der Waals surface area (Å²) in [5.74, 6) is -2.54. The first-order valence-corrected chi connectivity index (χ1v) is 7.26. The average molecular weight is 335 g/mol. The van der Waals surface area contributed by atoms with Crippen molar-refractivity contribution in [2.75, 3.05) is 0 Å². The van der Waals surface area contributed by atoms with Crippen LogP contribution in [-0.2, 0) is 24.0 Å². The van der Waals surface area contributed by atoms with Gasteiger partial charge in [-0.2, -0.15) is 0 Å². The Morgan fingerprint density at radius 3 is 2.08 bits per heavy atom. The number of hydroxylamine groups is 2. The standard InChI is InChI=1S/C16H17NO7/c1-8-6-11(7-9(2)15(8)23-10(3)18)14(21)16(22)24-17-12(19)4-5-13(17)20/h6-7,14,21H,4-5H2,1-3H3. The van der Waals surface area contributed by atoms with Crippen molar-refractivity contribution in [2.45, 2.75) is 39.7 Å². The van der Waals surface area contributed by atoms with Crippen LogP contribution >= 0.6 is 0 Å². The van der Waals surface area contributed by atoms with Crippen molar-refractivity contribution in [1.82, 2.24) is 5.06 Å². The monoisotopic (exact) mass is 335 g/mol. The maximum Gasteiger partial charge on any atom is 0.365 e. The highest BCUT2D eigenvalue weighted by Gasteiger charge is 2.35. The van der Waals surface area contributed by atoms with E-state index in [9.17, 15) is 24.3 Å². The first-order chi connectivity index (χ1) is 11.2. The van der Waals surface area contributed by atoms with Crippen molar-refractivity contribution < 1.29 is 33.9 Å². The summed E-state index contributed by atoms with van der Waals surface area (Å²) in [7, 11) is 0. The van der Waals surface area contributed by atoms with E-state index < -0.39 is 29.9 Å². The summed E-state index contributed by atoms with van der Waals surface area (Å²) in [4.78, 5) is 50.6. The van der Waals surface area contributed by atoms with Gasteiger partial charge < -0.3 is 14.7 Å². The topological polar surface area (TPSA) is 110 Å². The lowest BCUT2D eigenvalue weighted by Crippen LogP contribution is -2.34. The molecule has 0 radical (unpaired) electrons. The molecular weight excluding hydrogens is 318 g/mol. The normalized spacial score (nSPS) is 15.4. The number of carbonyl (C=O) groups is 4. The number of carbonyl (C=O) groups excluding carboxylic acids is 4. The van der Waals surface area contributed by atoms with Crippen LogP contribution in [0.1, 0.15) is 42.6 Å². The van der Waals surface area contributed by atoms with Gasteiger partial charge in [0, 0.05) is 19.8 Å². The summed E-state index contributed by atoms with van der Waals surface area (Å²) in [5, 5.41) is 10.5. The molecule has 8 heteroatoms. The van der Waals surface area contributed by atoms with Crippen LogP contribution in [0.3, 0.4) is 0 Å². The fraction of sp³-hybridized carbons (Fsp3) is 0.375. The molecule has 1 aliphatic heterocycles. The Morgan fingerprint density at radius 2 is 1.62 bits per heavy atom. The van der Waals surface area contributed by atoms with E-state index in [0.717, 1.165) is 0 Å². The molecule has 0 aliphatic carbocycles. The number of nitrogens with zero attached hydrogens (tertiary/aromatic N) is 1. The van der Waals surface area contributed by atoms with Crippen molar-refractivity contribution in [3.8, 4) is 5.75 Å². The van der Waals surface area contributed by atoms with Crippen molar-refractivity contribution in [2.24, 2.45) is 0 Å². The largest absolute Gasteiger partial charge is 0.426 e. The Morgan fingerprint density at radius 1 is 1.12 bits per heavy atom. The number of aliphatic hydroxyl groups is 1. The Balaban J connectivity index is 2.18. The SMILES string of the molecule is CC(=O)Oc1c(C)cc(C(O)C(=O)ON2C(=O)CCC2=O)cc1C. The number of rotatable bonds is 4. The molecule has 1 N–H and O–H groups in total. The zero-order chi connectivity index (χ0) is 18.0. The number of aryl methyl sites for hydroxylation is 2. The third-order valence-electron chi connectivity index (χ3n) is 3.45. The maximum absolute atomic E-state index is 12.0. The van der Waals surface area contributed by atoms with Gasteiger partial charge in [0.2, 0.25) is 0 Å². The third kappa shape index (κ3) is 3.60. The lowest BCUT2D eigenvalue weighted by atomic mass is 10.0. The zero-order valence-corrected chi connectivity index (χ0v) is 13.5. The summed E-state index contributed by atoms with van der Waals surface area (Å²) >= 11 is 0. The number of hydrogen-bond acceptors (Lipinski definition) is 7. The molecule has 8 nitrogen and oxygen atoms in total. The van der Waals surface area contributed by atoms with Crippen molar-refractivity contribution in [3.63, 3.8) is 0 Å². The Hall–Kier alpha value is -2.74. The Bertz CT molecular complexity index is 686. The van der Waals surface area contributed by atoms with Crippen molar-refractivity contribution in [3.05, 3.63) is 28.8 Å². The maximum atomic E-state index is 12.0. The van der Waals surface area contributed by atoms with Gasteiger partial charge in [0.15, 0.2) is 6.10 Å². The van der Waals surface area contributed by atoms with Crippen LogP contribution in [0, 0.1) is 13.8 Å². The van der Waals surface area contributed by atoms with E-state index in [1.807, 2.05) is 0 Å². The molecule has 1 saturated heterocycles. The predicted octanol–water partition coefficient (Wildman–Crippen LogP) is 0.869. The summed E-state index contributed by atoms with van der Waals surface area (Å²) in [6.45, 7) is 4.57. The smallest absolute Gasteiger partial charge is 0.365 e. The molecule has 0 bridgehead atoms. The van der Waals surface area contributed by atoms with Gasteiger partial charge in [-0.25, -0.2) is 4.79 Å². The van der Waals surface area contributed by atoms with E-state index in [4.69, 9.17) is 4.74 Å². The second-order valence-corrected chi connectivity index (χ2v) is 5.47. The fourth-order valence-corrected chi connectivity index (χ4v) is 2.38. The minimum Gasteiger partial charge on any atom is -0.426 e. The van der Waals surface area contributed by atoms with E-state index in [2.05, 4.69) is 4.84 Å². The van der Waals surface area contributed by atoms with Gasteiger partial charge in [-0.1, -0.05) is 0 Å². The number of aliphatic hydroxyl groups excluding tert-OH is 1. The number of esters is 1. The molecule has 1 heterocycles. The van der Waals surface area contributed by atoms with Crippen LogP contribution in [0.4, 0.5) is 0 Å². The Labute approximate surface area is 137 Å². The average Bonchev–Trinajstić information content (AvgIpc) is 2.81. The minimum atomic E-state index is -1.69. The molecular formula is C16H17NO7. The summed E-state index contributed by atoms with van der Waals surface area (Å²) in [5.41, 5.74) is 1.28. The van der Waals surface area contributed by atoms with E-state index in [1.54, 1.807) is 13.8 Å². The van der Waals surface area contributed by atoms with Crippen molar-refractivity contribution in [1.29, 1.82) is 0 Å². The first kappa shape index (κ1) is 17.6. The predicted molar refractivity (Wildman–Crippen MR) is 79.4 cm³/mol. The van der Waals surface area contributed by atoms with Gasteiger partial charge in [-0.3, -0.25) is 14.4 Å². The van der Waals surface area contributed by atoms with Crippen LogP contribution in [-0.4, -0.2) is 33.9 Å². The highest BCUT2D eigenvalue weighted by molar-refractivity contribution is 6.01. The second kappa shape index (κ2) is 6.79.